The molecule has 2 aromatic carbocycles. The molecule has 0 saturated heterocycles. The number of benzene rings is 2. The van der Waals surface area contributed by atoms with E-state index in [1.54, 1.807) is 0 Å². The van der Waals surface area contributed by atoms with E-state index in [2.05, 4.69) is 15.3 Å². The number of hydrogen-bond acceptors (Lipinski definition) is 5. The van der Waals surface area contributed by atoms with E-state index in [0.717, 1.165) is 18.2 Å². The second kappa shape index (κ2) is 7.43. The number of nitrogens with zero attached hydrogens (tertiary/aromatic N) is 2. The molecule has 0 bridgehead atoms. The number of anilines is 2. The Bertz CT molecular complexity index is 1030. The molecule has 0 fully saturated rings. The fourth-order valence-electron chi connectivity index (χ4n) is 2.42. The highest BCUT2D eigenvalue weighted by atomic mass is 35.5. The number of nitrogens with one attached hydrogen (secondary N) is 3. The summed E-state index contributed by atoms with van der Waals surface area (Å²) < 4.78 is 41.3. The van der Waals surface area contributed by atoms with Gasteiger partial charge in [-0.25, -0.2) is 23.2 Å². The number of hydrogen-bond donors (Lipinski definition) is 5. The summed E-state index contributed by atoms with van der Waals surface area (Å²) in [5.74, 6) is -3.63. The van der Waals surface area contributed by atoms with E-state index in [-0.39, 0.29) is 39.8 Å². The minimum Gasteiger partial charge on any atom is -0.355 e. The second-order valence-corrected chi connectivity index (χ2v) is 5.91. The third-order valence-electron chi connectivity index (χ3n) is 3.71. The highest BCUT2D eigenvalue weighted by molar-refractivity contribution is 6.31. The molecule has 3 aromatic rings. The third kappa shape index (κ3) is 3.54. The first kappa shape index (κ1) is 19.0. The van der Waals surface area contributed by atoms with Crippen molar-refractivity contribution in [2.75, 3.05) is 23.5 Å². The monoisotopic (exact) mass is 398 g/mol. The van der Waals surface area contributed by atoms with Crippen molar-refractivity contribution in [3.05, 3.63) is 52.3 Å². The zero-order valence-electron chi connectivity index (χ0n) is 13.7. The average Bonchev–Trinajstić information content (AvgIpc) is 3.08. The number of imidazole rings is 1. The quantitative estimate of drug-likeness (QED) is 0.257. The van der Waals surface area contributed by atoms with Crippen molar-refractivity contribution >= 4 is 40.1 Å². The van der Waals surface area contributed by atoms with Gasteiger partial charge in [-0.3, -0.25) is 10.6 Å². The van der Waals surface area contributed by atoms with E-state index in [1.165, 1.54) is 6.07 Å². The van der Waals surface area contributed by atoms with Crippen molar-refractivity contribution in [2.45, 2.75) is 0 Å². The van der Waals surface area contributed by atoms with Crippen LogP contribution in [0.4, 0.5) is 24.8 Å². The minimum absolute atomic E-state index is 0.00863. The molecule has 0 aliphatic carbocycles. The fraction of sp³-hybridized carbons (Fsp3) is 0.125. The lowest BCUT2D eigenvalue weighted by Gasteiger charge is -2.18. The third-order valence-corrected chi connectivity index (χ3v) is 4.00. The predicted molar refractivity (Wildman–Crippen MR) is 96.1 cm³/mol. The molecule has 0 atom stereocenters. The number of aromatic amines is 1. The van der Waals surface area contributed by atoms with Crippen molar-refractivity contribution in [3.63, 3.8) is 0 Å². The molecule has 0 spiro atoms. The molecule has 3 rings (SSSR count). The van der Waals surface area contributed by atoms with Crippen molar-refractivity contribution in [2.24, 2.45) is 5.73 Å². The summed E-state index contributed by atoms with van der Waals surface area (Å²) in [5.41, 5.74) is 4.82. The Morgan fingerprint density at radius 1 is 1.30 bits per heavy atom. The zero-order chi connectivity index (χ0) is 19.7. The topological polar surface area (TPSA) is 114 Å². The van der Waals surface area contributed by atoms with Crippen molar-refractivity contribution in [1.82, 2.24) is 9.97 Å². The van der Waals surface area contributed by atoms with Crippen LogP contribution in [0.5, 0.6) is 0 Å². The smallest absolute Gasteiger partial charge is 0.201 e. The number of amidine groups is 1. The van der Waals surface area contributed by atoms with E-state index in [4.69, 9.17) is 22.7 Å². The first-order chi connectivity index (χ1) is 12.8. The standard InChI is InChI=1S/C16H14ClF3N6O/c17-9-5-7(1-2-10(9)18)26(27)15(22)8-6-11(19)12(20)14-13(8)24-16(25-14)23-4-3-21/h1-2,5-6,22,27H,3-4,21H2,(H2,23,24,25). The maximum atomic E-state index is 14.1. The molecule has 11 heteroatoms. The van der Waals surface area contributed by atoms with Gasteiger partial charge in [0.25, 0.3) is 0 Å². The minimum atomic E-state index is -1.25. The summed E-state index contributed by atoms with van der Waals surface area (Å²) >= 11 is 5.67. The Balaban J connectivity index is 2.06. The summed E-state index contributed by atoms with van der Waals surface area (Å²) in [5, 5.41) is 21.3. The number of aromatic nitrogens is 2. The first-order valence-electron chi connectivity index (χ1n) is 7.68. The number of nitrogens with two attached hydrogens (primary N) is 1. The number of halogens is 4. The Morgan fingerprint density at radius 3 is 2.70 bits per heavy atom. The predicted octanol–water partition coefficient (Wildman–Crippen LogP) is 3.23. The molecule has 27 heavy (non-hydrogen) atoms. The van der Waals surface area contributed by atoms with Crippen LogP contribution in [0.15, 0.2) is 24.3 Å². The summed E-state index contributed by atoms with van der Waals surface area (Å²) in [6, 6.07) is 4.01. The van der Waals surface area contributed by atoms with Crippen molar-refractivity contribution in [1.29, 1.82) is 5.41 Å². The van der Waals surface area contributed by atoms with Crippen molar-refractivity contribution < 1.29 is 18.4 Å². The van der Waals surface area contributed by atoms with Crippen LogP contribution >= 0.6 is 11.6 Å². The number of fused-ring (bicyclic) bond motifs is 1. The highest BCUT2D eigenvalue weighted by Gasteiger charge is 2.22. The van der Waals surface area contributed by atoms with Gasteiger partial charge in [0.15, 0.2) is 17.5 Å². The molecule has 1 heterocycles. The van der Waals surface area contributed by atoms with Crippen LogP contribution < -0.4 is 16.1 Å². The van der Waals surface area contributed by atoms with Gasteiger partial charge in [-0.1, -0.05) is 11.6 Å². The van der Waals surface area contributed by atoms with Gasteiger partial charge in [0, 0.05) is 18.7 Å². The molecule has 1 aromatic heterocycles. The van der Waals surface area contributed by atoms with Gasteiger partial charge in [-0.2, -0.15) is 0 Å². The Hall–Kier alpha value is -2.82. The number of H-pyrrole nitrogens is 1. The maximum Gasteiger partial charge on any atom is 0.201 e. The van der Waals surface area contributed by atoms with Gasteiger partial charge in [0.1, 0.15) is 11.3 Å². The summed E-state index contributed by atoms with van der Waals surface area (Å²) in [6.07, 6.45) is 0. The maximum absolute atomic E-state index is 14.1. The van der Waals surface area contributed by atoms with E-state index in [9.17, 15) is 18.4 Å². The summed E-state index contributed by atoms with van der Waals surface area (Å²) in [7, 11) is 0. The second-order valence-electron chi connectivity index (χ2n) is 5.50. The molecule has 0 aliphatic rings. The van der Waals surface area contributed by atoms with Crippen molar-refractivity contribution in [3.8, 4) is 0 Å². The normalized spacial score (nSPS) is 11.0. The van der Waals surface area contributed by atoms with Gasteiger partial charge >= 0.3 is 0 Å². The van der Waals surface area contributed by atoms with Gasteiger partial charge in [-0.05, 0) is 24.3 Å². The molecule has 142 valence electrons. The Kier molecular flexibility index (Phi) is 5.22. The lowest BCUT2D eigenvalue weighted by atomic mass is 10.1. The molecule has 7 nitrogen and oxygen atoms in total. The Morgan fingerprint density at radius 2 is 2.04 bits per heavy atom. The van der Waals surface area contributed by atoms with Gasteiger partial charge < -0.3 is 16.0 Å². The largest absolute Gasteiger partial charge is 0.355 e. The summed E-state index contributed by atoms with van der Waals surface area (Å²) in [6.45, 7) is 0.614. The van der Waals surface area contributed by atoms with Crippen LogP contribution in [0.25, 0.3) is 11.0 Å². The molecule has 0 amide bonds. The molecular weight excluding hydrogens is 385 g/mol. The molecule has 0 aliphatic heterocycles. The molecule has 0 saturated carbocycles. The zero-order valence-corrected chi connectivity index (χ0v) is 14.4. The first-order valence-corrected chi connectivity index (χ1v) is 8.06. The van der Waals surface area contributed by atoms with Gasteiger partial charge in [-0.15, -0.1) is 0 Å². The van der Waals surface area contributed by atoms with Crippen LogP contribution in [0.3, 0.4) is 0 Å². The molecule has 0 radical (unpaired) electrons. The van der Waals surface area contributed by atoms with Crippen LogP contribution in [-0.2, 0) is 0 Å². The van der Waals surface area contributed by atoms with Crippen LogP contribution in [-0.4, -0.2) is 34.1 Å². The molecular formula is C16H14ClF3N6O. The number of rotatable bonds is 5. The van der Waals surface area contributed by atoms with Crippen LogP contribution in [0.1, 0.15) is 5.56 Å². The van der Waals surface area contributed by atoms with Gasteiger partial charge in [0.05, 0.1) is 16.2 Å². The Labute approximate surface area is 156 Å². The van der Waals surface area contributed by atoms with E-state index < -0.39 is 23.3 Å². The highest BCUT2D eigenvalue weighted by Crippen LogP contribution is 2.28. The van der Waals surface area contributed by atoms with Crippen LogP contribution in [0, 0.1) is 22.9 Å². The van der Waals surface area contributed by atoms with E-state index in [1.807, 2.05) is 0 Å². The number of hydroxylamine groups is 1. The van der Waals surface area contributed by atoms with Crippen LogP contribution in [0.2, 0.25) is 5.02 Å². The molecule has 0 unspecified atom stereocenters. The van der Waals surface area contributed by atoms with E-state index >= 15 is 0 Å². The average molecular weight is 399 g/mol. The summed E-state index contributed by atoms with van der Waals surface area (Å²) in [4.78, 5) is 6.63. The van der Waals surface area contributed by atoms with E-state index in [0.29, 0.717) is 11.6 Å². The van der Waals surface area contributed by atoms with Gasteiger partial charge in [0.2, 0.25) is 5.95 Å². The SMILES string of the molecule is N=C(c1cc(F)c(F)c2nc(NCCN)[nH]c12)N(O)c1ccc(F)c(Cl)c1. The lowest BCUT2D eigenvalue weighted by Crippen LogP contribution is -2.27. The lowest BCUT2D eigenvalue weighted by molar-refractivity contribution is 0.312. The molecule has 6 N–H and O–H groups in total. The fourth-order valence-corrected chi connectivity index (χ4v) is 2.60.